The minimum absolute atomic E-state index is 0.705. The van der Waals surface area contributed by atoms with E-state index in [1.54, 1.807) is 0 Å². The molecule has 1 aromatic rings. The molecule has 0 amide bonds. The van der Waals surface area contributed by atoms with Crippen LogP contribution in [0.4, 0.5) is 0 Å². The molecule has 104 valence electrons. The Morgan fingerprint density at radius 1 is 1.16 bits per heavy atom. The average Bonchev–Trinajstić information content (AvgIpc) is 2.86. The zero-order valence-corrected chi connectivity index (χ0v) is 12.5. The van der Waals surface area contributed by atoms with Crippen molar-refractivity contribution in [3.63, 3.8) is 0 Å². The van der Waals surface area contributed by atoms with Gasteiger partial charge in [0.25, 0.3) is 0 Å². The molecular formula is C17H26N2. The lowest BCUT2D eigenvalue weighted by atomic mass is 10.00. The van der Waals surface area contributed by atoms with Gasteiger partial charge < -0.3 is 0 Å². The molecule has 2 heteroatoms. The molecular weight excluding hydrogens is 232 g/mol. The van der Waals surface area contributed by atoms with Gasteiger partial charge in [-0.25, -0.2) is 0 Å². The van der Waals surface area contributed by atoms with E-state index in [1.807, 2.05) is 0 Å². The summed E-state index contributed by atoms with van der Waals surface area (Å²) < 4.78 is 0. The Kier molecular flexibility index (Phi) is 3.64. The Morgan fingerprint density at radius 2 is 2.00 bits per heavy atom. The van der Waals surface area contributed by atoms with Crippen LogP contribution in [-0.2, 0) is 6.54 Å². The second kappa shape index (κ2) is 5.26. The standard InChI is InChI=1S/C17H26N2/c1-13-6-7-14(2)16(11-13)12-19-10-9-18-8-4-5-17(18)15(19)3/h6-7,11,15,17H,4-5,8-10,12H2,1-3H3. The van der Waals surface area contributed by atoms with Gasteiger partial charge in [-0.2, -0.15) is 0 Å². The van der Waals surface area contributed by atoms with Crippen molar-refractivity contribution in [3.05, 3.63) is 34.9 Å². The summed E-state index contributed by atoms with van der Waals surface area (Å²) in [6, 6.07) is 8.36. The molecule has 3 rings (SSSR count). The van der Waals surface area contributed by atoms with Crippen molar-refractivity contribution < 1.29 is 0 Å². The average molecular weight is 258 g/mol. The number of fused-ring (bicyclic) bond motifs is 1. The highest BCUT2D eigenvalue weighted by atomic mass is 15.3. The minimum Gasteiger partial charge on any atom is -0.298 e. The Hall–Kier alpha value is -0.860. The topological polar surface area (TPSA) is 6.48 Å². The number of hydrogen-bond acceptors (Lipinski definition) is 2. The van der Waals surface area contributed by atoms with Gasteiger partial charge in [0.15, 0.2) is 0 Å². The van der Waals surface area contributed by atoms with Crippen molar-refractivity contribution in [3.8, 4) is 0 Å². The number of aryl methyl sites for hydroxylation is 2. The molecule has 2 aliphatic heterocycles. The summed E-state index contributed by atoms with van der Waals surface area (Å²) in [4.78, 5) is 5.39. The first-order valence-corrected chi connectivity index (χ1v) is 7.69. The van der Waals surface area contributed by atoms with Gasteiger partial charge in [0.1, 0.15) is 0 Å². The van der Waals surface area contributed by atoms with Crippen LogP contribution < -0.4 is 0 Å². The second-order valence-corrected chi connectivity index (χ2v) is 6.39. The molecule has 0 aromatic heterocycles. The number of hydrogen-bond donors (Lipinski definition) is 0. The van der Waals surface area contributed by atoms with Crippen LogP contribution in [0.5, 0.6) is 0 Å². The van der Waals surface area contributed by atoms with Gasteiger partial charge in [0, 0.05) is 31.7 Å². The summed E-state index contributed by atoms with van der Waals surface area (Å²) in [5.74, 6) is 0. The lowest BCUT2D eigenvalue weighted by Crippen LogP contribution is -2.55. The minimum atomic E-state index is 0.705. The molecule has 2 fully saturated rings. The van der Waals surface area contributed by atoms with Crippen LogP contribution >= 0.6 is 0 Å². The van der Waals surface area contributed by atoms with Crippen molar-refractivity contribution in [2.75, 3.05) is 19.6 Å². The van der Waals surface area contributed by atoms with E-state index in [9.17, 15) is 0 Å². The van der Waals surface area contributed by atoms with E-state index in [0.29, 0.717) is 6.04 Å². The van der Waals surface area contributed by atoms with Gasteiger partial charge in [0.05, 0.1) is 0 Å². The van der Waals surface area contributed by atoms with Gasteiger partial charge in [0.2, 0.25) is 0 Å². The molecule has 2 aliphatic rings. The summed E-state index contributed by atoms with van der Waals surface area (Å²) in [5.41, 5.74) is 4.33. The third-order valence-corrected chi connectivity index (χ3v) is 5.10. The smallest absolute Gasteiger partial charge is 0.0250 e. The zero-order chi connectivity index (χ0) is 13.4. The molecule has 2 heterocycles. The van der Waals surface area contributed by atoms with E-state index in [1.165, 1.54) is 49.2 Å². The predicted octanol–water partition coefficient (Wildman–Crippen LogP) is 2.97. The lowest BCUT2D eigenvalue weighted by Gasteiger charge is -2.43. The van der Waals surface area contributed by atoms with E-state index in [-0.39, 0.29) is 0 Å². The first-order valence-electron chi connectivity index (χ1n) is 7.69. The Bertz CT molecular complexity index is 455. The number of benzene rings is 1. The zero-order valence-electron chi connectivity index (χ0n) is 12.5. The molecule has 19 heavy (non-hydrogen) atoms. The van der Waals surface area contributed by atoms with E-state index in [4.69, 9.17) is 0 Å². The van der Waals surface area contributed by atoms with Crippen LogP contribution in [0.2, 0.25) is 0 Å². The lowest BCUT2D eigenvalue weighted by molar-refractivity contribution is 0.0469. The molecule has 1 aromatic carbocycles. The van der Waals surface area contributed by atoms with E-state index in [0.717, 1.165) is 12.6 Å². The number of nitrogens with zero attached hydrogens (tertiary/aromatic N) is 2. The van der Waals surface area contributed by atoms with Crippen molar-refractivity contribution in [2.45, 2.75) is 52.2 Å². The summed E-state index contributed by atoms with van der Waals surface area (Å²) >= 11 is 0. The van der Waals surface area contributed by atoms with Crippen molar-refractivity contribution >= 4 is 0 Å². The first-order chi connectivity index (χ1) is 9.15. The fourth-order valence-corrected chi connectivity index (χ4v) is 3.79. The highest BCUT2D eigenvalue weighted by Gasteiger charge is 2.36. The summed E-state index contributed by atoms with van der Waals surface area (Å²) in [5, 5.41) is 0. The van der Waals surface area contributed by atoms with Crippen LogP contribution in [0.25, 0.3) is 0 Å². The summed E-state index contributed by atoms with van der Waals surface area (Å²) in [6.07, 6.45) is 2.79. The van der Waals surface area contributed by atoms with E-state index in [2.05, 4.69) is 48.8 Å². The SMILES string of the molecule is Cc1ccc(C)c(CN2CCN3CCCC3C2C)c1. The largest absolute Gasteiger partial charge is 0.298 e. The van der Waals surface area contributed by atoms with Crippen molar-refractivity contribution in [2.24, 2.45) is 0 Å². The number of rotatable bonds is 2. The van der Waals surface area contributed by atoms with Gasteiger partial charge >= 0.3 is 0 Å². The quantitative estimate of drug-likeness (QED) is 0.804. The Labute approximate surface area is 117 Å². The maximum atomic E-state index is 2.70. The third kappa shape index (κ3) is 2.56. The number of piperazine rings is 1. The highest BCUT2D eigenvalue weighted by molar-refractivity contribution is 5.30. The van der Waals surface area contributed by atoms with Crippen LogP contribution in [0, 0.1) is 13.8 Å². The monoisotopic (exact) mass is 258 g/mol. The fourth-order valence-electron chi connectivity index (χ4n) is 3.79. The molecule has 0 spiro atoms. The summed E-state index contributed by atoms with van der Waals surface area (Å²) in [7, 11) is 0. The van der Waals surface area contributed by atoms with Crippen molar-refractivity contribution in [1.29, 1.82) is 0 Å². The van der Waals surface area contributed by atoms with Gasteiger partial charge in [-0.3, -0.25) is 9.80 Å². The molecule has 0 bridgehead atoms. The van der Waals surface area contributed by atoms with Crippen molar-refractivity contribution in [1.82, 2.24) is 9.80 Å². The molecule has 0 N–H and O–H groups in total. The molecule has 0 radical (unpaired) electrons. The molecule has 2 saturated heterocycles. The second-order valence-electron chi connectivity index (χ2n) is 6.39. The maximum Gasteiger partial charge on any atom is 0.0250 e. The Morgan fingerprint density at radius 3 is 2.84 bits per heavy atom. The van der Waals surface area contributed by atoms with Crippen LogP contribution in [0.3, 0.4) is 0 Å². The Balaban J connectivity index is 1.74. The fraction of sp³-hybridized carbons (Fsp3) is 0.647. The normalized spacial score (nSPS) is 28.6. The maximum absolute atomic E-state index is 2.70. The summed E-state index contributed by atoms with van der Waals surface area (Å²) in [6.45, 7) is 11.8. The molecule has 2 nitrogen and oxygen atoms in total. The highest BCUT2D eigenvalue weighted by Crippen LogP contribution is 2.28. The first kappa shape index (κ1) is 13.1. The predicted molar refractivity (Wildman–Crippen MR) is 80.4 cm³/mol. The van der Waals surface area contributed by atoms with Gasteiger partial charge in [-0.15, -0.1) is 0 Å². The van der Waals surface area contributed by atoms with Gasteiger partial charge in [-0.1, -0.05) is 23.8 Å². The molecule has 0 aliphatic carbocycles. The molecule has 2 unspecified atom stereocenters. The van der Waals surface area contributed by atoms with Crippen LogP contribution in [-0.4, -0.2) is 41.5 Å². The van der Waals surface area contributed by atoms with E-state index >= 15 is 0 Å². The third-order valence-electron chi connectivity index (χ3n) is 5.10. The van der Waals surface area contributed by atoms with Crippen LogP contribution in [0.15, 0.2) is 18.2 Å². The van der Waals surface area contributed by atoms with Crippen LogP contribution in [0.1, 0.15) is 36.5 Å². The molecule has 2 atom stereocenters. The van der Waals surface area contributed by atoms with E-state index < -0.39 is 0 Å². The van der Waals surface area contributed by atoms with Gasteiger partial charge in [-0.05, 0) is 51.3 Å². The molecule has 0 saturated carbocycles.